The minimum Gasteiger partial charge on any atom is -0.411 e. The number of nitrogens with one attached hydrogen (secondary N) is 2. The second-order valence-electron chi connectivity index (χ2n) is 7.86. The summed E-state index contributed by atoms with van der Waals surface area (Å²) in [6, 6.07) is 6.04. The molecule has 2 heterocycles. The van der Waals surface area contributed by atoms with Crippen molar-refractivity contribution in [1.82, 2.24) is 25.1 Å². The maximum atomic E-state index is 12.9. The molecule has 1 atom stereocenters. The first kappa shape index (κ1) is 22.7. The molecule has 2 aliphatic rings. The molecule has 1 aliphatic carbocycles. The van der Waals surface area contributed by atoms with Crippen LogP contribution in [0.4, 0.5) is 4.79 Å². The van der Waals surface area contributed by atoms with Gasteiger partial charge < -0.3 is 9.73 Å². The molecule has 2 N–H and O–H groups in total. The molecule has 2 aromatic rings. The van der Waals surface area contributed by atoms with E-state index >= 15 is 0 Å². The molecule has 172 valence electrons. The fourth-order valence-corrected chi connectivity index (χ4v) is 5.53. The molecule has 1 aliphatic heterocycles. The molecule has 32 heavy (non-hydrogen) atoms. The molecular formula is C20H25N5O5S2. The first-order valence-corrected chi connectivity index (χ1v) is 12.9. The molecule has 10 nitrogen and oxygen atoms in total. The Bertz CT molecular complexity index is 1090. The molecule has 1 saturated carbocycles. The summed E-state index contributed by atoms with van der Waals surface area (Å²) >= 11 is 1.02. The van der Waals surface area contributed by atoms with Crippen LogP contribution in [0.1, 0.15) is 39.0 Å². The van der Waals surface area contributed by atoms with Crippen molar-refractivity contribution in [2.75, 3.05) is 13.1 Å². The molecule has 1 saturated heterocycles. The quantitative estimate of drug-likeness (QED) is 0.578. The van der Waals surface area contributed by atoms with Crippen molar-refractivity contribution in [3.63, 3.8) is 0 Å². The summed E-state index contributed by atoms with van der Waals surface area (Å²) in [5.74, 6) is -0.315. The lowest BCUT2D eigenvalue weighted by Crippen LogP contribution is -2.43. The summed E-state index contributed by atoms with van der Waals surface area (Å²) in [5, 5.41) is 12.4. The van der Waals surface area contributed by atoms with E-state index in [1.54, 1.807) is 25.1 Å². The van der Waals surface area contributed by atoms with Gasteiger partial charge in [-0.1, -0.05) is 24.2 Å². The maximum absolute atomic E-state index is 12.9. The van der Waals surface area contributed by atoms with Gasteiger partial charge in [-0.3, -0.25) is 10.1 Å². The van der Waals surface area contributed by atoms with Crippen LogP contribution in [0.3, 0.4) is 0 Å². The van der Waals surface area contributed by atoms with Crippen LogP contribution in [-0.2, 0) is 14.8 Å². The van der Waals surface area contributed by atoms with Gasteiger partial charge in [-0.05, 0) is 50.8 Å². The van der Waals surface area contributed by atoms with Crippen molar-refractivity contribution in [2.45, 2.75) is 60.4 Å². The zero-order valence-electron chi connectivity index (χ0n) is 17.6. The summed E-state index contributed by atoms with van der Waals surface area (Å²) in [5.41, 5.74) is 0.475. The molecule has 1 aromatic carbocycles. The third-order valence-electron chi connectivity index (χ3n) is 5.24. The van der Waals surface area contributed by atoms with E-state index < -0.39 is 27.2 Å². The van der Waals surface area contributed by atoms with E-state index in [2.05, 4.69) is 20.8 Å². The summed E-state index contributed by atoms with van der Waals surface area (Å²) < 4.78 is 33.0. The highest BCUT2D eigenvalue weighted by Gasteiger charge is 2.28. The molecule has 0 spiro atoms. The number of hydrogen-bond acceptors (Lipinski definition) is 8. The average Bonchev–Trinajstić information content (AvgIpc) is 3.48. The molecular weight excluding hydrogens is 454 g/mol. The number of sulfonamides is 1. The largest absolute Gasteiger partial charge is 0.411 e. The lowest BCUT2D eigenvalue weighted by molar-refractivity contribution is -0.119. The van der Waals surface area contributed by atoms with Crippen molar-refractivity contribution in [3.8, 4) is 11.5 Å². The highest BCUT2D eigenvalue weighted by molar-refractivity contribution is 8.00. The summed E-state index contributed by atoms with van der Waals surface area (Å²) in [6.07, 6.45) is 4.61. The van der Waals surface area contributed by atoms with Crippen LogP contribution in [0.15, 0.2) is 38.8 Å². The highest BCUT2D eigenvalue weighted by atomic mass is 32.2. The number of thioether (sulfide) groups is 1. The van der Waals surface area contributed by atoms with Gasteiger partial charge in [-0.25, -0.2) is 13.2 Å². The zero-order chi connectivity index (χ0) is 22.7. The van der Waals surface area contributed by atoms with Gasteiger partial charge in [0.15, 0.2) is 0 Å². The third-order valence-corrected chi connectivity index (χ3v) is 8.07. The first-order chi connectivity index (χ1) is 15.3. The first-order valence-electron chi connectivity index (χ1n) is 10.5. The Hall–Kier alpha value is -2.44. The minimum atomic E-state index is -3.58. The van der Waals surface area contributed by atoms with E-state index in [9.17, 15) is 18.0 Å². The van der Waals surface area contributed by atoms with Crippen molar-refractivity contribution >= 4 is 33.7 Å². The van der Waals surface area contributed by atoms with E-state index in [4.69, 9.17) is 4.42 Å². The van der Waals surface area contributed by atoms with Gasteiger partial charge >= 0.3 is 6.03 Å². The number of aromatic nitrogens is 2. The Labute approximate surface area is 190 Å². The Balaban J connectivity index is 1.41. The number of nitrogens with zero attached hydrogens (tertiary/aromatic N) is 3. The Morgan fingerprint density at radius 1 is 1.19 bits per heavy atom. The topological polar surface area (TPSA) is 134 Å². The van der Waals surface area contributed by atoms with Crippen LogP contribution in [0.5, 0.6) is 0 Å². The van der Waals surface area contributed by atoms with E-state index in [-0.39, 0.29) is 22.1 Å². The van der Waals surface area contributed by atoms with E-state index in [0.29, 0.717) is 18.7 Å². The van der Waals surface area contributed by atoms with Crippen molar-refractivity contribution in [2.24, 2.45) is 0 Å². The van der Waals surface area contributed by atoms with Gasteiger partial charge in [-0.2, -0.15) is 4.31 Å². The predicted octanol–water partition coefficient (Wildman–Crippen LogP) is 2.38. The van der Waals surface area contributed by atoms with Gasteiger partial charge in [0.25, 0.3) is 5.22 Å². The van der Waals surface area contributed by atoms with Crippen LogP contribution in [0.25, 0.3) is 11.5 Å². The second kappa shape index (κ2) is 9.59. The van der Waals surface area contributed by atoms with Crippen LogP contribution in [0, 0.1) is 0 Å². The smallest absolute Gasteiger partial charge is 0.321 e. The average molecular weight is 480 g/mol. The lowest BCUT2D eigenvalue weighted by Gasteiger charge is -2.25. The molecule has 12 heteroatoms. The number of amides is 3. The number of urea groups is 1. The van der Waals surface area contributed by atoms with Crippen molar-refractivity contribution < 1.29 is 22.4 Å². The molecule has 2 fully saturated rings. The third kappa shape index (κ3) is 5.48. The highest BCUT2D eigenvalue weighted by Crippen LogP contribution is 2.29. The Morgan fingerprint density at radius 2 is 1.94 bits per heavy atom. The van der Waals surface area contributed by atoms with E-state index in [1.807, 2.05) is 0 Å². The molecule has 3 amide bonds. The summed E-state index contributed by atoms with van der Waals surface area (Å²) in [6.45, 7) is 2.67. The van der Waals surface area contributed by atoms with Crippen LogP contribution >= 0.6 is 11.8 Å². The van der Waals surface area contributed by atoms with Crippen molar-refractivity contribution in [1.29, 1.82) is 0 Å². The second-order valence-corrected chi connectivity index (χ2v) is 11.1. The van der Waals surface area contributed by atoms with Crippen molar-refractivity contribution in [3.05, 3.63) is 24.3 Å². The predicted molar refractivity (Wildman–Crippen MR) is 117 cm³/mol. The Kier molecular flexibility index (Phi) is 6.82. The van der Waals surface area contributed by atoms with Gasteiger partial charge in [0, 0.05) is 24.7 Å². The van der Waals surface area contributed by atoms with Gasteiger partial charge in [0.1, 0.15) is 0 Å². The minimum absolute atomic E-state index is 0.148. The monoisotopic (exact) mass is 479 g/mol. The summed E-state index contributed by atoms with van der Waals surface area (Å²) in [7, 11) is -3.58. The number of benzene rings is 1. The van der Waals surface area contributed by atoms with E-state index in [0.717, 1.165) is 43.9 Å². The lowest BCUT2D eigenvalue weighted by atomic mass is 10.2. The molecule has 1 unspecified atom stereocenters. The van der Waals surface area contributed by atoms with Gasteiger partial charge in [0.2, 0.25) is 21.8 Å². The normalized spacial score (nSPS) is 18.2. The number of piperidine rings is 1. The zero-order valence-corrected chi connectivity index (χ0v) is 19.2. The van der Waals surface area contributed by atoms with E-state index in [1.165, 1.54) is 10.4 Å². The maximum Gasteiger partial charge on any atom is 0.321 e. The molecule has 0 bridgehead atoms. The number of hydrogen-bond donors (Lipinski definition) is 2. The standard InChI is InChI=1S/C20H25N5O5S2/c1-13(17(26)22-19(27)21-15-8-9-15)31-20-24-23-18(30-20)14-6-5-7-16(12-14)32(28,29)25-10-3-2-4-11-25/h5-7,12-13,15H,2-4,8-11H2,1H3,(H2,21,22,26,27). The number of carbonyl (C=O) groups excluding carboxylic acids is 2. The van der Waals surface area contributed by atoms with Gasteiger partial charge in [-0.15, -0.1) is 10.2 Å². The Morgan fingerprint density at radius 3 is 2.66 bits per heavy atom. The van der Waals surface area contributed by atoms with Crippen LogP contribution in [0.2, 0.25) is 0 Å². The number of carbonyl (C=O) groups is 2. The molecule has 1 aromatic heterocycles. The fraction of sp³-hybridized carbons (Fsp3) is 0.500. The SMILES string of the molecule is CC(Sc1nnc(-c2cccc(S(=O)(=O)N3CCCCC3)c2)o1)C(=O)NC(=O)NC1CC1. The van der Waals surface area contributed by atoms with Crippen LogP contribution in [-0.4, -0.2) is 59.2 Å². The summed E-state index contributed by atoms with van der Waals surface area (Å²) in [4.78, 5) is 24.1. The number of rotatable bonds is 7. The molecule has 4 rings (SSSR count). The van der Waals surface area contributed by atoms with Crippen LogP contribution < -0.4 is 10.6 Å². The molecule has 0 radical (unpaired) electrons. The fourth-order valence-electron chi connectivity index (χ4n) is 3.29. The number of imide groups is 1. The van der Waals surface area contributed by atoms with Gasteiger partial charge in [0.05, 0.1) is 10.1 Å².